The first kappa shape index (κ1) is 16.7. The van der Waals surface area contributed by atoms with E-state index in [2.05, 4.69) is 10.1 Å². The Morgan fingerprint density at radius 1 is 1.38 bits per heavy atom. The molecule has 0 spiro atoms. The molecule has 0 saturated carbocycles. The number of hydrogen-bond donors (Lipinski definition) is 1. The van der Waals surface area contributed by atoms with Crippen LogP contribution in [0.15, 0.2) is 24.4 Å². The van der Waals surface area contributed by atoms with E-state index < -0.39 is 5.97 Å². The van der Waals surface area contributed by atoms with Gasteiger partial charge in [-0.1, -0.05) is 11.6 Å². The topological polar surface area (TPSA) is 80.5 Å². The van der Waals surface area contributed by atoms with Crippen LogP contribution in [0.3, 0.4) is 0 Å². The first-order valence-electron chi connectivity index (χ1n) is 8.17. The minimum absolute atomic E-state index is 0.152. The average Bonchev–Trinajstić information content (AvgIpc) is 2.78. The zero-order valence-corrected chi connectivity index (χ0v) is 15.1. The van der Waals surface area contributed by atoms with Gasteiger partial charge in [0, 0.05) is 30.4 Å². The Morgan fingerprint density at radius 3 is 2.96 bits per heavy atom. The largest absolute Gasteiger partial charge is 0.491 e. The van der Waals surface area contributed by atoms with Crippen LogP contribution >= 0.6 is 11.6 Å². The lowest BCUT2D eigenvalue weighted by Gasteiger charge is -2.24. The molecule has 0 amide bonds. The molecule has 3 heterocycles. The Balaban J connectivity index is 1.92. The van der Waals surface area contributed by atoms with Gasteiger partial charge in [0.15, 0.2) is 5.65 Å². The molecule has 1 aliphatic heterocycles. The third-order valence-electron chi connectivity index (χ3n) is 4.55. The fourth-order valence-corrected chi connectivity index (χ4v) is 3.63. The van der Waals surface area contributed by atoms with Crippen molar-refractivity contribution in [3.63, 3.8) is 0 Å². The van der Waals surface area contributed by atoms with Crippen molar-refractivity contribution < 1.29 is 14.6 Å². The van der Waals surface area contributed by atoms with E-state index in [-0.39, 0.29) is 5.56 Å². The molecule has 0 radical (unpaired) electrons. The summed E-state index contributed by atoms with van der Waals surface area (Å²) in [4.78, 5) is 18.2. The Kier molecular flexibility index (Phi) is 3.96. The minimum atomic E-state index is -1.02. The first-order valence-corrected chi connectivity index (χ1v) is 8.55. The van der Waals surface area contributed by atoms with Crippen LogP contribution in [-0.4, -0.2) is 39.0 Å². The number of carboxylic acids is 1. The van der Waals surface area contributed by atoms with Crippen molar-refractivity contribution >= 4 is 34.3 Å². The molecule has 134 valence electrons. The second-order valence-corrected chi connectivity index (χ2v) is 6.69. The number of carbonyl (C=O) groups is 1. The van der Waals surface area contributed by atoms with E-state index in [9.17, 15) is 9.90 Å². The molecule has 1 N–H and O–H groups in total. The van der Waals surface area contributed by atoms with Gasteiger partial charge in [0.05, 0.1) is 23.3 Å². The lowest BCUT2D eigenvalue weighted by Crippen LogP contribution is -2.27. The molecule has 0 unspecified atom stereocenters. The van der Waals surface area contributed by atoms with Gasteiger partial charge < -0.3 is 14.7 Å². The van der Waals surface area contributed by atoms with E-state index in [0.717, 1.165) is 22.4 Å². The molecule has 8 heteroatoms. The van der Waals surface area contributed by atoms with Crippen molar-refractivity contribution in [2.75, 3.05) is 18.1 Å². The molecular formula is C18H17ClN4O3. The van der Waals surface area contributed by atoms with Gasteiger partial charge in [-0.15, -0.1) is 0 Å². The Morgan fingerprint density at radius 2 is 2.19 bits per heavy atom. The number of benzene rings is 1. The van der Waals surface area contributed by atoms with Gasteiger partial charge in [-0.3, -0.25) is 4.68 Å². The zero-order chi connectivity index (χ0) is 18.4. The molecular weight excluding hydrogens is 356 g/mol. The number of carboxylic acid groups (broad SMARTS) is 1. The van der Waals surface area contributed by atoms with Crippen molar-refractivity contribution in [1.82, 2.24) is 14.8 Å². The van der Waals surface area contributed by atoms with Crippen LogP contribution in [0, 0.1) is 6.92 Å². The SMILES string of the molecule is Cc1nn(C)c2ncc(C(=O)O)c(N3CCOc4ccc(Cl)cc4C3)c12. The van der Waals surface area contributed by atoms with Crippen LogP contribution in [0.2, 0.25) is 5.02 Å². The van der Waals surface area contributed by atoms with E-state index in [1.165, 1.54) is 6.20 Å². The molecule has 1 aromatic carbocycles. The van der Waals surface area contributed by atoms with Gasteiger partial charge in [-0.05, 0) is 25.1 Å². The van der Waals surface area contributed by atoms with Crippen LogP contribution in [-0.2, 0) is 13.6 Å². The quantitative estimate of drug-likeness (QED) is 0.744. The fraction of sp³-hybridized carbons (Fsp3) is 0.278. The van der Waals surface area contributed by atoms with Crippen molar-refractivity contribution in [3.05, 3.63) is 46.2 Å². The molecule has 0 bridgehead atoms. The number of nitrogens with zero attached hydrogens (tertiary/aromatic N) is 4. The Bertz CT molecular complexity index is 1030. The zero-order valence-electron chi connectivity index (χ0n) is 14.4. The molecule has 0 fully saturated rings. The van der Waals surface area contributed by atoms with Gasteiger partial charge in [-0.25, -0.2) is 9.78 Å². The van der Waals surface area contributed by atoms with E-state index in [1.54, 1.807) is 17.8 Å². The number of hydrogen-bond acceptors (Lipinski definition) is 5. The normalized spacial score (nSPS) is 14.0. The van der Waals surface area contributed by atoms with E-state index in [4.69, 9.17) is 16.3 Å². The summed E-state index contributed by atoms with van der Waals surface area (Å²) in [6.07, 6.45) is 1.39. The van der Waals surface area contributed by atoms with Gasteiger partial charge in [-0.2, -0.15) is 5.10 Å². The molecule has 0 atom stereocenters. The summed E-state index contributed by atoms with van der Waals surface area (Å²) < 4.78 is 7.48. The maximum Gasteiger partial charge on any atom is 0.339 e. The predicted octanol–water partition coefficient (Wildman–Crippen LogP) is 3.03. The minimum Gasteiger partial charge on any atom is -0.491 e. The van der Waals surface area contributed by atoms with Gasteiger partial charge in [0.25, 0.3) is 0 Å². The summed E-state index contributed by atoms with van der Waals surface area (Å²) in [7, 11) is 1.80. The summed E-state index contributed by atoms with van der Waals surface area (Å²) in [6.45, 7) is 3.33. The first-order chi connectivity index (χ1) is 12.5. The van der Waals surface area contributed by atoms with Gasteiger partial charge in [0.1, 0.15) is 17.9 Å². The third kappa shape index (κ3) is 2.64. The number of ether oxygens (including phenoxy) is 1. The monoisotopic (exact) mass is 372 g/mol. The van der Waals surface area contributed by atoms with Crippen LogP contribution in [0.5, 0.6) is 5.75 Å². The van der Waals surface area contributed by atoms with Crippen LogP contribution in [0.25, 0.3) is 11.0 Å². The van der Waals surface area contributed by atoms with Crippen LogP contribution in [0.4, 0.5) is 5.69 Å². The summed E-state index contributed by atoms with van der Waals surface area (Å²) in [6, 6.07) is 5.48. The van der Waals surface area contributed by atoms with Crippen molar-refractivity contribution in [2.45, 2.75) is 13.5 Å². The van der Waals surface area contributed by atoms with Gasteiger partial charge in [0.2, 0.25) is 0 Å². The van der Waals surface area contributed by atoms with Crippen LogP contribution in [0.1, 0.15) is 21.6 Å². The Labute approximate surface area is 154 Å². The van der Waals surface area contributed by atoms with E-state index >= 15 is 0 Å². The second-order valence-electron chi connectivity index (χ2n) is 6.26. The number of aryl methyl sites for hydroxylation is 2. The van der Waals surface area contributed by atoms with Crippen LogP contribution < -0.4 is 9.64 Å². The average molecular weight is 373 g/mol. The number of aromatic carboxylic acids is 1. The molecule has 26 heavy (non-hydrogen) atoms. The standard InChI is InChI=1S/C18H17ClN4O3/c1-10-15-16(13(18(24)25)8-20-17(15)22(2)21-10)23-5-6-26-14-4-3-12(19)7-11(14)9-23/h3-4,7-8H,5-6,9H2,1-2H3,(H,24,25). The highest BCUT2D eigenvalue weighted by molar-refractivity contribution is 6.30. The molecule has 0 saturated heterocycles. The van der Waals surface area contributed by atoms with E-state index in [0.29, 0.717) is 36.1 Å². The number of fused-ring (bicyclic) bond motifs is 2. The molecule has 2 aromatic heterocycles. The lowest BCUT2D eigenvalue weighted by molar-refractivity contribution is 0.0697. The van der Waals surface area contributed by atoms with Crippen molar-refractivity contribution in [3.8, 4) is 5.75 Å². The molecule has 0 aliphatic carbocycles. The second kappa shape index (κ2) is 6.17. The number of aromatic nitrogens is 3. The molecule has 4 rings (SSSR count). The summed E-state index contributed by atoms with van der Waals surface area (Å²) >= 11 is 6.14. The maximum absolute atomic E-state index is 11.9. The Hall–Kier alpha value is -2.80. The molecule has 3 aromatic rings. The predicted molar refractivity (Wildman–Crippen MR) is 98.2 cm³/mol. The molecule has 7 nitrogen and oxygen atoms in total. The summed E-state index contributed by atoms with van der Waals surface area (Å²) in [5, 5.41) is 15.5. The number of pyridine rings is 1. The number of halogens is 1. The maximum atomic E-state index is 11.9. The highest BCUT2D eigenvalue weighted by atomic mass is 35.5. The molecule has 1 aliphatic rings. The highest BCUT2D eigenvalue weighted by Crippen LogP contribution is 2.35. The number of anilines is 1. The van der Waals surface area contributed by atoms with Gasteiger partial charge >= 0.3 is 5.97 Å². The summed E-state index contributed by atoms with van der Waals surface area (Å²) in [5.41, 5.74) is 3.07. The summed E-state index contributed by atoms with van der Waals surface area (Å²) in [5.74, 6) is -0.254. The van der Waals surface area contributed by atoms with E-state index in [1.807, 2.05) is 24.0 Å². The van der Waals surface area contributed by atoms with Crippen molar-refractivity contribution in [1.29, 1.82) is 0 Å². The third-order valence-corrected chi connectivity index (χ3v) is 4.78. The lowest BCUT2D eigenvalue weighted by atomic mass is 10.1. The highest BCUT2D eigenvalue weighted by Gasteiger charge is 2.26. The smallest absolute Gasteiger partial charge is 0.339 e. The fourth-order valence-electron chi connectivity index (χ4n) is 3.43. The number of rotatable bonds is 2. The van der Waals surface area contributed by atoms with Crippen molar-refractivity contribution in [2.24, 2.45) is 7.05 Å².